The van der Waals surface area contributed by atoms with E-state index in [0.29, 0.717) is 4.47 Å². The van der Waals surface area contributed by atoms with Crippen LogP contribution in [0, 0.1) is 0 Å². The molecule has 0 atom stereocenters. The van der Waals surface area contributed by atoms with Crippen molar-refractivity contribution in [3.63, 3.8) is 0 Å². The molecule has 0 amide bonds. The number of nitrogens with one attached hydrogen (secondary N) is 1. The topological polar surface area (TPSA) is 104 Å². The zero-order valence-electron chi connectivity index (χ0n) is 9.70. The van der Waals surface area contributed by atoms with Gasteiger partial charge in [0.1, 0.15) is 5.75 Å². The van der Waals surface area contributed by atoms with Crippen molar-refractivity contribution < 1.29 is 23.4 Å². The van der Waals surface area contributed by atoms with E-state index < -0.39 is 16.0 Å². The van der Waals surface area contributed by atoms with Crippen LogP contribution in [0.25, 0.3) is 0 Å². The Morgan fingerprint density at radius 3 is 2.55 bits per heavy atom. The van der Waals surface area contributed by atoms with Gasteiger partial charge in [-0.25, -0.2) is 13.2 Å². The molecule has 1 aromatic heterocycles. The van der Waals surface area contributed by atoms with Gasteiger partial charge in [0.15, 0.2) is 4.21 Å². The molecule has 106 valence electrons. The van der Waals surface area contributed by atoms with Crippen LogP contribution in [-0.2, 0) is 10.0 Å². The van der Waals surface area contributed by atoms with Crippen LogP contribution in [0.3, 0.4) is 0 Å². The number of carboxylic acid groups (broad SMARTS) is 1. The number of aromatic hydroxyl groups is 1. The Morgan fingerprint density at radius 2 is 2.00 bits per heavy atom. The number of halogens is 1. The minimum absolute atomic E-state index is 0.0395. The number of hydrogen-bond acceptors (Lipinski definition) is 5. The number of aromatic carboxylic acids is 1. The molecule has 9 heteroatoms. The highest BCUT2D eigenvalue weighted by Gasteiger charge is 2.21. The van der Waals surface area contributed by atoms with Gasteiger partial charge in [-0.3, -0.25) is 4.72 Å². The van der Waals surface area contributed by atoms with Crippen molar-refractivity contribution in [3.05, 3.63) is 39.7 Å². The van der Waals surface area contributed by atoms with Crippen molar-refractivity contribution in [2.45, 2.75) is 4.21 Å². The lowest BCUT2D eigenvalue weighted by molar-refractivity contribution is 0.0697. The van der Waals surface area contributed by atoms with Crippen molar-refractivity contribution in [3.8, 4) is 5.75 Å². The Hall–Kier alpha value is -1.58. The van der Waals surface area contributed by atoms with Crippen LogP contribution in [0.1, 0.15) is 10.4 Å². The Kier molecular flexibility index (Phi) is 4.02. The first-order valence-corrected chi connectivity index (χ1v) is 8.29. The number of anilines is 1. The zero-order valence-corrected chi connectivity index (χ0v) is 12.9. The van der Waals surface area contributed by atoms with Crippen LogP contribution in [-0.4, -0.2) is 24.6 Å². The summed E-state index contributed by atoms with van der Waals surface area (Å²) < 4.78 is 26.9. The first-order valence-electron chi connectivity index (χ1n) is 5.13. The molecule has 20 heavy (non-hydrogen) atoms. The number of carboxylic acids is 1. The van der Waals surface area contributed by atoms with Gasteiger partial charge in [-0.15, -0.1) is 11.3 Å². The number of phenolic OH excluding ortho intramolecular Hbond substituents is 1. The molecule has 1 heterocycles. The molecule has 0 aliphatic carbocycles. The highest BCUT2D eigenvalue weighted by Crippen LogP contribution is 2.32. The molecule has 0 spiro atoms. The van der Waals surface area contributed by atoms with Gasteiger partial charge in [-0.2, -0.15) is 0 Å². The lowest BCUT2D eigenvalue weighted by atomic mass is 10.2. The summed E-state index contributed by atoms with van der Waals surface area (Å²) in [6.45, 7) is 0. The van der Waals surface area contributed by atoms with Crippen LogP contribution in [0.15, 0.2) is 38.3 Å². The maximum atomic E-state index is 12.1. The Balaban J connectivity index is 2.42. The third-order valence-electron chi connectivity index (χ3n) is 2.32. The number of hydrogen-bond donors (Lipinski definition) is 3. The second-order valence-electron chi connectivity index (χ2n) is 3.70. The van der Waals surface area contributed by atoms with E-state index in [1.54, 1.807) is 11.4 Å². The molecule has 0 aliphatic heterocycles. The summed E-state index contributed by atoms with van der Waals surface area (Å²) >= 11 is 4.10. The van der Waals surface area contributed by atoms with Crippen LogP contribution >= 0.6 is 27.3 Å². The molecule has 0 saturated carbocycles. The monoisotopic (exact) mass is 377 g/mol. The SMILES string of the molecule is O=C(O)c1ccc(O)c(NS(=O)(=O)c2sccc2Br)c1. The Morgan fingerprint density at radius 1 is 1.30 bits per heavy atom. The molecule has 0 bridgehead atoms. The molecule has 0 fully saturated rings. The quantitative estimate of drug-likeness (QED) is 0.710. The highest BCUT2D eigenvalue weighted by atomic mass is 79.9. The Bertz CT molecular complexity index is 769. The largest absolute Gasteiger partial charge is 0.506 e. The molecule has 0 aliphatic rings. The maximum absolute atomic E-state index is 12.1. The summed E-state index contributed by atoms with van der Waals surface area (Å²) in [5.41, 5.74) is -0.323. The standard InChI is InChI=1S/C11H8BrNO5S2/c12-7-3-4-19-11(7)20(17,18)13-8-5-6(10(15)16)1-2-9(8)14/h1-5,13-14H,(H,15,16). The van der Waals surface area contributed by atoms with Crippen molar-refractivity contribution in [1.29, 1.82) is 0 Å². The van der Waals surface area contributed by atoms with Gasteiger partial charge in [0.05, 0.1) is 11.3 Å². The van der Waals surface area contributed by atoms with E-state index in [0.717, 1.165) is 23.5 Å². The molecule has 3 N–H and O–H groups in total. The first-order chi connectivity index (χ1) is 9.31. The van der Waals surface area contributed by atoms with E-state index in [2.05, 4.69) is 20.7 Å². The van der Waals surface area contributed by atoms with Gasteiger partial charge in [0.2, 0.25) is 0 Å². The van der Waals surface area contributed by atoms with Crippen molar-refractivity contribution in [1.82, 2.24) is 0 Å². The predicted octanol–water partition coefficient (Wildman–Crippen LogP) is 2.72. The summed E-state index contributed by atoms with van der Waals surface area (Å²) in [5, 5.41) is 20.1. The van der Waals surface area contributed by atoms with Crippen molar-refractivity contribution >= 4 is 48.9 Å². The maximum Gasteiger partial charge on any atom is 0.335 e. The van der Waals surface area contributed by atoms with Crippen LogP contribution in [0.4, 0.5) is 5.69 Å². The van der Waals surface area contributed by atoms with E-state index in [-0.39, 0.29) is 21.2 Å². The third kappa shape index (κ3) is 2.94. The lowest BCUT2D eigenvalue weighted by Crippen LogP contribution is -2.12. The number of thiophene rings is 1. The summed E-state index contributed by atoms with van der Waals surface area (Å²) in [6, 6.07) is 4.92. The van der Waals surface area contributed by atoms with E-state index in [9.17, 15) is 18.3 Å². The van der Waals surface area contributed by atoms with Gasteiger partial charge in [0, 0.05) is 4.47 Å². The van der Waals surface area contributed by atoms with E-state index in [4.69, 9.17) is 5.11 Å². The minimum Gasteiger partial charge on any atom is -0.506 e. The molecule has 6 nitrogen and oxygen atoms in total. The Labute approximate surface area is 126 Å². The van der Waals surface area contributed by atoms with Gasteiger partial charge < -0.3 is 10.2 Å². The van der Waals surface area contributed by atoms with Crippen molar-refractivity contribution in [2.75, 3.05) is 4.72 Å². The second-order valence-corrected chi connectivity index (χ2v) is 7.35. The highest BCUT2D eigenvalue weighted by molar-refractivity contribution is 9.10. The van der Waals surface area contributed by atoms with Gasteiger partial charge in [-0.05, 0) is 45.6 Å². The minimum atomic E-state index is -3.90. The van der Waals surface area contributed by atoms with Crippen LogP contribution in [0.5, 0.6) is 5.75 Å². The zero-order chi connectivity index (χ0) is 14.9. The molecule has 0 unspecified atom stereocenters. The normalized spacial score (nSPS) is 11.2. The van der Waals surface area contributed by atoms with Crippen LogP contribution in [0.2, 0.25) is 0 Å². The first kappa shape index (κ1) is 14.8. The summed E-state index contributed by atoms with van der Waals surface area (Å²) in [6.07, 6.45) is 0. The van der Waals surface area contributed by atoms with E-state index >= 15 is 0 Å². The molecule has 1 aromatic carbocycles. The van der Waals surface area contributed by atoms with Gasteiger partial charge >= 0.3 is 5.97 Å². The average Bonchev–Trinajstić information content (AvgIpc) is 2.78. The van der Waals surface area contributed by atoms with Crippen molar-refractivity contribution in [2.24, 2.45) is 0 Å². The number of sulfonamides is 1. The molecule has 0 radical (unpaired) electrons. The summed E-state index contributed by atoms with van der Waals surface area (Å²) in [7, 11) is -3.90. The molecule has 0 saturated heterocycles. The lowest BCUT2D eigenvalue weighted by Gasteiger charge is -2.09. The predicted molar refractivity (Wildman–Crippen MR) is 77.9 cm³/mol. The number of rotatable bonds is 4. The van der Waals surface area contributed by atoms with E-state index in [1.165, 1.54) is 6.07 Å². The molecule has 2 aromatic rings. The van der Waals surface area contributed by atoms with Gasteiger partial charge in [-0.1, -0.05) is 0 Å². The fourth-order valence-electron chi connectivity index (χ4n) is 1.41. The number of phenols is 1. The fraction of sp³-hybridized carbons (Fsp3) is 0. The van der Waals surface area contributed by atoms with E-state index in [1.807, 2.05) is 0 Å². The van der Waals surface area contributed by atoms with Gasteiger partial charge in [0.25, 0.3) is 10.0 Å². The van der Waals surface area contributed by atoms with Crippen LogP contribution < -0.4 is 4.72 Å². The fourth-order valence-corrected chi connectivity index (χ4v) is 4.82. The molecule has 2 rings (SSSR count). The summed E-state index contributed by atoms with van der Waals surface area (Å²) in [5.74, 6) is -1.57. The third-order valence-corrected chi connectivity index (χ3v) is 6.35. The smallest absolute Gasteiger partial charge is 0.335 e. The second kappa shape index (κ2) is 5.43. The number of carbonyl (C=O) groups is 1. The summed E-state index contributed by atoms with van der Waals surface area (Å²) in [4.78, 5) is 10.8. The average molecular weight is 378 g/mol. The number of benzene rings is 1. The molecular weight excluding hydrogens is 370 g/mol. The molecular formula is C11H8BrNO5S2.